The lowest BCUT2D eigenvalue weighted by Crippen LogP contribution is -2.30. The molecule has 0 radical (unpaired) electrons. The van der Waals surface area contributed by atoms with Crippen molar-refractivity contribution in [2.75, 3.05) is 25.4 Å². The molecule has 0 aromatic rings. The Hall–Kier alpha value is -0.660. The fourth-order valence-electron chi connectivity index (χ4n) is 1.43. The smallest absolute Gasteiger partial charge is 0.306 e. The van der Waals surface area contributed by atoms with Gasteiger partial charge in [-0.25, -0.2) is 13.1 Å². The number of nitrogens with one attached hydrogen (secondary N) is 2. The molecule has 0 aromatic carbocycles. The molecule has 0 amide bonds. The Morgan fingerprint density at radius 3 is 2.67 bits per heavy atom. The van der Waals surface area contributed by atoms with Crippen LogP contribution in [0.2, 0.25) is 0 Å². The maximum Gasteiger partial charge on any atom is 0.306 e. The molecule has 1 rings (SSSR count). The number of ether oxygens (including phenoxy) is 1. The van der Waals surface area contributed by atoms with Crippen molar-refractivity contribution < 1.29 is 17.9 Å². The Balaban J connectivity index is 2.04. The summed E-state index contributed by atoms with van der Waals surface area (Å²) < 4.78 is 30.2. The average molecular weight is 278 g/mol. The highest BCUT2D eigenvalue weighted by Gasteiger charge is 2.19. The summed E-state index contributed by atoms with van der Waals surface area (Å²) in [6.45, 7) is 3.20. The second-order valence-corrected chi connectivity index (χ2v) is 6.28. The lowest BCUT2D eigenvalue weighted by molar-refractivity contribution is -0.142. The molecule has 0 heterocycles. The van der Waals surface area contributed by atoms with Crippen molar-refractivity contribution in [1.29, 1.82) is 0 Å². The van der Waals surface area contributed by atoms with Gasteiger partial charge in [-0.3, -0.25) is 4.79 Å². The number of carbonyl (C=O) groups is 1. The Morgan fingerprint density at radius 1 is 1.33 bits per heavy atom. The highest BCUT2D eigenvalue weighted by Crippen LogP contribution is 2.18. The summed E-state index contributed by atoms with van der Waals surface area (Å²) in [4.78, 5) is 11.0. The van der Waals surface area contributed by atoms with Crippen LogP contribution in [0.15, 0.2) is 0 Å². The van der Waals surface area contributed by atoms with E-state index in [2.05, 4.69) is 14.8 Å². The number of esters is 1. The van der Waals surface area contributed by atoms with Crippen molar-refractivity contribution in [3.05, 3.63) is 0 Å². The number of hydrogen-bond donors (Lipinski definition) is 2. The molecule has 1 aliphatic rings. The van der Waals surface area contributed by atoms with Gasteiger partial charge in [0.25, 0.3) is 0 Å². The molecule has 1 fully saturated rings. The van der Waals surface area contributed by atoms with Gasteiger partial charge in [0.1, 0.15) is 0 Å². The van der Waals surface area contributed by atoms with Crippen LogP contribution in [0.5, 0.6) is 0 Å². The minimum Gasteiger partial charge on any atom is -0.466 e. The first-order valence-electron chi connectivity index (χ1n) is 6.40. The third-order valence-corrected chi connectivity index (χ3v) is 3.95. The second-order valence-electron chi connectivity index (χ2n) is 4.35. The normalized spacial score (nSPS) is 15.6. The fourth-order valence-corrected chi connectivity index (χ4v) is 2.47. The zero-order chi connectivity index (χ0) is 13.4. The van der Waals surface area contributed by atoms with Gasteiger partial charge in [0.05, 0.1) is 18.8 Å². The molecule has 0 atom stereocenters. The minimum absolute atomic E-state index is 0.0938. The van der Waals surface area contributed by atoms with Crippen LogP contribution < -0.4 is 10.0 Å². The van der Waals surface area contributed by atoms with E-state index >= 15 is 0 Å². The third kappa shape index (κ3) is 7.62. The molecular formula is C11H22N2O4S. The van der Waals surface area contributed by atoms with E-state index in [1.165, 1.54) is 12.8 Å². The third-order valence-electron chi connectivity index (χ3n) is 2.57. The van der Waals surface area contributed by atoms with E-state index in [1.807, 2.05) is 0 Å². The molecule has 0 unspecified atom stereocenters. The van der Waals surface area contributed by atoms with Gasteiger partial charge in [-0.05, 0) is 32.7 Å². The van der Waals surface area contributed by atoms with Gasteiger partial charge in [0, 0.05) is 12.6 Å². The monoisotopic (exact) mass is 278 g/mol. The zero-order valence-electron chi connectivity index (χ0n) is 10.8. The van der Waals surface area contributed by atoms with Gasteiger partial charge >= 0.3 is 5.97 Å². The van der Waals surface area contributed by atoms with E-state index in [-0.39, 0.29) is 18.8 Å². The quantitative estimate of drug-likeness (QED) is 0.434. The van der Waals surface area contributed by atoms with E-state index in [4.69, 9.17) is 0 Å². The summed E-state index contributed by atoms with van der Waals surface area (Å²) in [6, 6.07) is 0.644. The number of sulfonamides is 1. The molecule has 1 aliphatic carbocycles. The van der Waals surface area contributed by atoms with Crippen LogP contribution in [0.3, 0.4) is 0 Å². The summed E-state index contributed by atoms with van der Waals surface area (Å²) in [5, 5.41) is 3.30. The molecule has 1 saturated carbocycles. The standard InChI is InChI=1S/C11H22N2O4S/c1-2-17-11(14)6-9-18(15,16)13-8-3-7-12-10-4-5-10/h10,12-13H,2-9H2,1H3. The Bertz CT molecular complexity index is 352. The predicted molar refractivity (Wildman–Crippen MR) is 68.7 cm³/mol. The summed E-state index contributed by atoms with van der Waals surface area (Å²) in [7, 11) is -3.36. The van der Waals surface area contributed by atoms with Crippen LogP contribution in [0, 0.1) is 0 Å². The van der Waals surface area contributed by atoms with E-state index in [0.717, 1.165) is 13.0 Å². The molecule has 7 heteroatoms. The van der Waals surface area contributed by atoms with E-state index in [0.29, 0.717) is 12.6 Å². The number of carbonyl (C=O) groups excluding carboxylic acids is 1. The molecule has 0 aromatic heterocycles. The van der Waals surface area contributed by atoms with Crippen molar-refractivity contribution in [3.63, 3.8) is 0 Å². The summed E-state index contributed by atoms with van der Waals surface area (Å²) in [6.07, 6.45) is 3.12. The van der Waals surface area contributed by atoms with E-state index in [1.54, 1.807) is 6.92 Å². The van der Waals surface area contributed by atoms with Gasteiger partial charge in [0.2, 0.25) is 10.0 Å². The van der Waals surface area contributed by atoms with Gasteiger partial charge in [-0.15, -0.1) is 0 Å². The Morgan fingerprint density at radius 2 is 2.06 bits per heavy atom. The molecule has 0 spiro atoms. The Kier molecular flexibility index (Phi) is 6.59. The largest absolute Gasteiger partial charge is 0.466 e. The topological polar surface area (TPSA) is 84.5 Å². The zero-order valence-corrected chi connectivity index (χ0v) is 11.6. The molecule has 2 N–H and O–H groups in total. The van der Waals surface area contributed by atoms with Gasteiger partial charge < -0.3 is 10.1 Å². The molecular weight excluding hydrogens is 256 g/mol. The minimum atomic E-state index is -3.36. The molecule has 106 valence electrons. The SMILES string of the molecule is CCOC(=O)CCS(=O)(=O)NCCCNC1CC1. The van der Waals surface area contributed by atoms with Crippen molar-refractivity contribution in [2.45, 2.75) is 38.6 Å². The fraction of sp³-hybridized carbons (Fsp3) is 0.909. The van der Waals surface area contributed by atoms with Crippen molar-refractivity contribution in [1.82, 2.24) is 10.0 Å². The van der Waals surface area contributed by atoms with E-state index in [9.17, 15) is 13.2 Å². The van der Waals surface area contributed by atoms with E-state index < -0.39 is 16.0 Å². The van der Waals surface area contributed by atoms with Gasteiger partial charge in [0.15, 0.2) is 0 Å². The lowest BCUT2D eigenvalue weighted by atomic mass is 10.4. The van der Waals surface area contributed by atoms with Crippen molar-refractivity contribution in [2.24, 2.45) is 0 Å². The molecule has 0 bridgehead atoms. The van der Waals surface area contributed by atoms with Crippen molar-refractivity contribution in [3.8, 4) is 0 Å². The molecule has 18 heavy (non-hydrogen) atoms. The number of hydrogen-bond acceptors (Lipinski definition) is 5. The molecule has 0 aliphatic heterocycles. The summed E-state index contributed by atoms with van der Waals surface area (Å²) in [5.74, 6) is -0.680. The summed E-state index contributed by atoms with van der Waals surface area (Å²) >= 11 is 0. The average Bonchev–Trinajstić information content (AvgIpc) is 3.10. The van der Waals surface area contributed by atoms with Crippen LogP contribution in [0.25, 0.3) is 0 Å². The van der Waals surface area contributed by atoms with Crippen LogP contribution >= 0.6 is 0 Å². The summed E-state index contributed by atoms with van der Waals surface area (Å²) in [5.41, 5.74) is 0. The maximum absolute atomic E-state index is 11.5. The first kappa shape index (κ1) is 15.4. The number of rotatable bonds is 10. The second kappa shape index (κ2) is 7.70. The highest BCUT2D eigenvalue weighted by molar-refractivity contribution is 7.89. The van der Waals surface area contributed by atoms with Gasteiger partial charge in [-0.2, -0.15) is 0 Å². The highest BCUT2D eigenvalue weighted by atomic mass is 32.2. The molecule has 6 nitrogen and oxygen atoms in total. The van der Waals surface area contributed by atoms with Crippen LogP contribution in [0.4, 0.5) is 0 Å². The lowest BCUT2D eigenvalue weighted by Gasteiger charge is -2.07. The van der Waals surface area contributed by atoms with Crippen LogP contribution in [-0.4, -0.2) is 45.9 Å². The first-order chi connectivity index (χ1) is 8.53. The Labute approximate surface area is 109 Å². The predicted octanol–water partition coefficient (Wildman–Crippen LogP) is 0.00110. The van der Waals surface area contributed by atoms with Crippen LogP contribution in [0.1, 0.15) is 32.6 Å². The molecule has 0 saturated heterocycles. The first-order valence-corrected chi connectivity index (χ1v) is 8.05. The van der Waals surface area contributed by atoms with Gasteiger partial charge in [-0.1, -0.05) is 0 Å². The van der Waals surface area contributed by atoms with Crippen molar-refractivity contribution >= 4 is 16.0 Å². The van der Waals surface area contributed by atoms with Crippen LogP contribution in [-0.2, 0) is 19.6 Å². The maximum atomic E-state index is 11.5.